The maximum absolute atomic E-state index is 14.9. The van der Waals surface area contributed by atoms with Gasteiger partial charge in [0, 0.05) is 50.6 Å². The first kappa shape index (κ1) is 26.3. The summed E-state index contributed by atoms with van der Waals surface area (Å²) in [6.45, 7) is 8.55. The Bertz CT molecular complexity index is 1230. The number of ether oxygens (including phenoxy) is 1. The summed E-state index contributed by atoms with van der Waals surface area (Å²) in [5, 5.41) is 0. The molecule has 5 rings (SSSR count). The molecular weight excluding hydrogens is 479 g/mol. The van der Waals surface area contributed by atoms with Crippen LogP contribution < -0.4 is 10.5 Å². The fraction of sp³-hybridized carbons (Fsp3) is 0.419. The molecule has 2 saturated heterocycles. The molecule has 2 N–H and O–H groups in total. The predicted octanol–water partition coefficient (Wildman–Crippen LogP) is 4.77. The quantitative estimate of drug-likeness (QED) is 0.444. The van der Waals surface area contributed by atoms with Crippen LogP contribution in [-0.4, -0.2) is 59.0 Å². The lowest BCUT2D eigenvalue weighted by Gasteiger charge is -2.38. The van der Waals surface area contributed by atoms with Crippen LogP contribution in [-0.2, 0) is 17.8 Å². The van der Waals surface area contributed by atoms with Crippen molar-refractivity contribution >= 4 is 5.91 Å². The van der Waals surface area contributed by atoms with Crippen molar-refractivity contribution in [2.45, 2.75) is 57.7 Å². The van der Waals surface area contributed by atoms with Crippen LogP contribution in [0, 0.1) is 5.82 Å². The standard InChI is InChI=1S/C31H37FN4O2/c1-21(2)23-7-5-22(6-8-23)18-35-19-27(20-35)38-30-12-11-26(17-34-30)24-9-10-25(28(32)15-24)16-29(33)31(37)36-13-3-4-14-36/h5-12,15,17,21,27,29H,3-4,13-14,16,18-20,33H2,1-2H3/t29-/m0/s1. The molecule has 2 fully saturated rings. The van der Waals surface area contributed by atoms with Crippen molar-refractivity contribution in [2.75, 3.05) is 26.2 Å². The largest absolute Gasteiger partial charge is 0.472 e. The molecule has 1 aromatic heterocycles. The maximum Gasteiger partial charge on any atom is 0.239 e. The Morgan fingerprint density at radius 2 is 1.76 bits per heavy atom. The summed E-state index contributed by atoms with van der Waals surface area (Å²) in [6, 6.07) is 16.9. The van der Waals surface area contributed by atoms with Gasteiger partial charge >= 0.3 is 0 Å². The first-order chi connectivity index (χ1) is 18.4. The molecule has 200 valence electrons. The van der Waals surface area contributed by atoms with Crippen molar-refractivity contribution in [3.63, 3.8) is 0 Å². The second-order valence-corrected chi connectivity index (χ2v) is 10.9. The Kier molecular flexibility index (Phi) is 8.05. The third-order valence-electron chi connectivity index (χ3n) is 7.56. The maximum atomic E-state index is 14.9. The number of benzene rings is 2. The summed E-state index contributed by atoms with van der Waals surface area (Å²) < 4.78 is 20.9. The number of amides is 1. The molecule has 3 aromatic rings. The Labute approximate surface area is 224 Å². The first-order valence-electron chi connectivity index (χ1n) is 13.6. The summed E-state index contributed by atoms with van der Waals surface area (Å²) in [7, 11) is 0. The van der Waals surface area contributed by atoms with Crippen molar-refractivity contribution in [2.24, 2.45) is 5.73 Å². The van der Waals surface area contributed by atoms with E-state index in [-0.39, 0.29) is 24.2 Å². The number of pyridine rings is 1. The highest BCUT2D eigenvalue weighted by atomic mass is 19.1. The van der Waals surface area contributed by atoms with E-state index in [2.05, 4.69) is 48.0 Å². The summed E-state index contributed by atoms with van der Waals surface area (Å²) in [5.74, 6) is 0.660. The second kappa shape index (κ2) is 11.6. The zero-order valence-corrected chi connectivity index (χ0v) is 22.3. The fourth-order valence-corrected chi connectivity index (χ4v) is 5.17. The molecule has 7 heteroatoms. The van der Waals surface area contributed by atoms with Gasteiger partial charge in [0.2, 0.25) is 11.8 Å². The van der Waals surface area contributed by atoms with E-state index < -0.39 is 6.04 Å². The van der Waals surface area contributed by atoms with Crippen LogP contribution in [0.1, 0.15) is 49.3 Å². The third-order valence-corrected chi connectivity index (χ3v) is 7.56. The van der Waals surface area contributed by atoms with Gasteiger partial charge in [-0.05, 0) is 59.6 Å². The van der Waals surface area contributed by atoms with E-state index in [1.807, 2.05) is 18.2 Å². The van der Waals surface area contributed by atoms with E-state index in [1.165, 1.54) is 17.2 Å². The smallest absolute Gasteiger partial charge is 0.239 e. The van der Waals surface area contributed by atoms with Crippen molar-refractivity contribution in [1.82, 2.24) is 14.8 Å². The van der Waals surface area contributed by atoms with Gasteiger partial charge in [0.25, 0.3) is 0 Å². The summed E-state index contributed by atoms with van der Waals surface area (Å²) in [6.07, 6.45) is 4.03. The Hall–Kier alpha value is -3.29. The number of hydrogen-bond acceptors (Lipinski definition) is 5. The van der Waals surface area contributed by atoms with Gasteiger partial charge in [-0.15, -0.1) is 0 Å². The monoisotopic (exact) mass is 516 g/mol. The SMILES string of the molecule is CC(C)c1ccc(CN2CC(Oc3ccc(-c4ccc(C[C@H](N)C(=O)N5CCCC5)c(F)c4)cn3)C2)cc1. The van der Waals surface area contributed by atoms with Crippen LogP contribution in [0.25, 0.3) is 11.1 Å². The van der Waals surface area contributed by atoms with Gasteiger partial charge in [-0.1, -0.05) is 50.2 Å². The van der Waals surface area contributed by atoms with Gasteiger partial charge in [0.05, 0.1) is 6.04 Å². The number of carbonyl (C=O) groups excluding carboxylic acids is 1. The van der Waals surface area contributed by atoms with Gasteiger partial charge in [0.15, 0.2) is 0 Å². The predicted molar refractivity (Wildman–Crippen MR) is 147 cm³/mol. The number of nitrogens with two attached hydrogens (primary N) is 1. The zero-order chi connectivity index (χ0) is 26.6. The molecule has 3 heterocycles. The first-order valence-corrected chi connectivity index (χ1v) is 13.6. The second-order valence-electron chi connectivity index (χ2n) is 10.9. The van der Waals surface area contributed by atoms with E-state index >= 15 is 0 Å². The zero-order valence-electron chi connectivity index (χ0n) is 22.3. The molecule has 38 heavy (non-hydrogen) atoms. The lowest BCUT2D eigenvalue weighted by atomic mass is 10.0. The number of carbonyl (C=O) groups is 1. The highest BCUT2D eigenvalue weighted by Gasteiger charge is 2.29. The summed E-state index contributed by atoms with van der Waals surface area (Å²) in [5.41, 5.74) is 10.8. The minimum atomic E-state index is -0.723. The van der Waals surface area contributed by atoms with Gasteiger partial charge in [-0.3, -0.25) is 9.69 Å². The van der Waals surface area contributed by atoms with Crippen molar-refractivity contribution in [3.05, 3.63) is 83.3 Å². The molecule has 0 saturated carbocycles. The third kappa shape index (κ3) is 6.22. The molecule has 1 amide bonds. The number of rotatable bonds is 9. The van der Waals surface area contributed by atoms with Gasteiger partial charge < -0.3 is 15.4 Å². The van der Waals surface area contributed by atoms with E-state index in [9.17, 15) is 9.18 Å². The molecule has 0 bridgehead atoms. The Morgan fingerprint density at radius 3 is 2.39 bits per heavy atom. The fourth-order valence-electron chi connectivity index (χ4n) is 5.17. The van der Waals surface area contributed by atoms with Gasteiger partial charge in [0.1, 0.15) is 11.9 Å². The lowest BCUT2D eigenvalue weighted by molar-refractivity contribution is -0.131. The minimum Gasteiger partial charge on any atom is -0.472 e. The molecule has 6 nitrogen and oxygen atoms in total. The van der Waals surface area contributed by atoms with E-state index in [0.29, 0.717) is 17.4 Å². The number of aromatic nitrogens is 1. The molecular formula is C31H37FN4O2. The van der Waals surface area contributed by atoms with E-state index in [4.69, 9.17) is 10.5 Å². The van der Waals surface area contributed by atoms with Crippen LogP contribution in [0.3, 0.4) is 0 Å². The lowest BCUT2D eigenvalue weighted by Crippen LogP contribution is -2.53. The number of halogens is 1. The number of likely N-dealkylation sites (tertiary alicyclic amines) is 2. The summed E-state index contributed by atoms with van der Waals surface area (Å²) >= 11 is 0. The van der Waals surface area contributed by atoms with Gasteiger partial charge in [-0.2, -0.15) is 0 Å². The van der Waals surface area contributed by atoms with Crippen LogP contribution in [0.15, 0.2) is 60.8 Å². The van der Waals surface area contributed by atoms with Crippen LogP contribution in [0.4, 0.5) is 4.39 Å². The van der Waals surface area contributed by atoms with Gasteiger partial charge in [-0.25, -0.2) is 9.37 Å². The molecule has 0 spiro atoms. The Balaban J connectivity index is 1.11. The van der Waals surface area contributed by atoms with Crippen molar-refractivity contribution in [1.29, 1.82) is 0 Å². The van der Waals surface area contributed by atoms with Crippen LogP contribution >= 0.6 is 0 Å². The highest BCUT2D eigenvalue weighted by molar-refractivity contribution is 5.82. The molecule has 0 radical (unpaired) electrons. The molecule has 1 atom stereocenters. The highest BCUT2D eigenvalue weighted by Crippen LogP contribution is 2.25. The van der Waals surface area contributed by atoms with Crippen LogP contribution in [0.5, 0.6) is 5.88 Å². The van der Waals surface area contributed by atoms with E-state index in [1.54, 1.807) is 17.2 Å². The average molecular weight is 517 g/mol. The average Bonchev–Trinajstić information content (AvgIpc) is 3.44. The molecule has 2 aromatic carbocycles. The number of nitrogens with zero attached hydrogens (tertiary/aromatic N) is 3. The van der Waals surface area contributed by atoms with E-state index in [0.717, 1.165) is 56.7 Å². The number of hydrogen-bond donors (Lipinski definition) is 1. The molecule has 2 aliphatic heterocycles. The molecule has 0 unspecified atom stereocenters. The molecule has 2 aliphatic rings. The van der Waals surface area contributed by atoms with Crippen molar-refractivity contribution < 1.29 is 13.9 Å². The minimum absolute atomic E-state index is 0.0966. The summed E-state index contributed by atoms with van der Waals surface area (Å²) in [4.78, 5) is 21.1. The topological polar surface area (TPSA) is 71.7 Å². The van der Waals surface area contributed by atoms with Crippen molar-refractivity contribution in [3.8, 4) is 17.0 Å². The van der Waals surface area contributed by atoms with Crippen LogP contribution in [0.2, 0.25) is 0 Å². The Morgan fingerprint density at radius 1 is 1.05 bits per heavy atom. The molecule has 0 aliphatic carbocycles. The normalized spacial score (nSPS) is 17.0.